The van der Waals surface area contributed by atoms with E-state index in [9.17, 15) is 10.2 Å². The Kier molecular flexibility index (Phi) is 3.77. The maximum atomic E-state index is 9.96. The highest BCUT2D eigenvalue weighted by molar-refractivity contribution is 4.92. The van der Waals surface area contributed by atoms with Crippen LogP contribution >= 0.6 is 0 Å². The van der Waals surface area contributed by atoms with Crippen molar-refractivity contribution in [2.75, 3.05) is 0 Å². The standard InChI is InChI=1S/C11H18O2/c1-2-3-4-7-10(12)11(13)8-5-6-9-11/h1,10,12-13H,3-9H2. The van der Waals surface area contributed by atoms with E-state index in [-0.39, 0.29) is 0 Å². The minimum Gasteiger partial charge on any atom is -0.390 e. The summed E-state index contributed by atoms with van der Waals surface area (Å²) in [7, 11) is 0. The van der Waals surface area contributed by atoms with Gasteiger partial charge in [0.15, 0.2) is 0 Å². The zero-order valence-corrected chi connectivity index (χ0v) is 8.00. The van der Waals surface area contributed by atoms with Gasteiger partial charge in [0.2, 0.25) is 0 Å². The number of unbranched alkanes of at least 4 members (excludes halogenated alkanes) is 1. The van der Waals surface area contributed by atoms with E-state index in [2.05, 4.69) is 5.92 Å². The van der Waals surface area contributed by atoms with Crippen molar-refractivity contribution in [1.29, 1.82) is 0 Å². The summed E-state index contributed by atoms with van der Waals surface area (Å²) in [6, 6.07) is 0. The van der Waals surface area contributed by atoms with Crippen LogP contribution in [0.15, 0.2) is 0 Å². The molecule has 0 aromatic heterocycles. The fourth-order valence-corrected chi connectivity index (χ4v) is 1.99. The van der Waals surface area contributed by atoms with E-state index < -0.39 is 11.7 Å². The molecule has 74 valence electrons. The Labute approximate surface area is 80.0 Å². The topological polar surface area (TPSA) is 40.5 Å². The van der Waals surface area contributed by atoms with E-state index >= 15 is 0 Å². The van der Waals surface area contributed by atoms with E-state index in [4.69, 9.17) is 6.42 Å². The Morgan fingerprint density at radius 3 is 2.54 bits per heavy atom. The average Bonchev–Trinajstić information content (AvgIpc) is 2.54. The van der Waals surface area contributed by atoms with Gasteiger partial charge < -0.3 is 10.2 Å². The van der Waals surface area contributed by atoms with Crippen molar-refractivity contribution < 1.29 is 10.2 Å². The molecular weight excluding hydrogens is 164 g/mol. The lowest BCUT2D eigenvalue weighted by Gasteiger charge is -2.28. The van der Waals surface area contributed by atoms with Gasteiger partial charge in [0.05, 0.1) is 11.7 Å². The minimum atomic E-state index is -0.811. The highest BCUT2D eigenvalue weighted by Gasteiger charge is 2.37. The lowest BCUT2D eigenvalue weighted by molar-refractivity contribution is -0.0733. The highest BCUT2D eigenvalue weighted by atomic mass is 16.3. The van der Waals surface area contributed by atoms with Gasteiger partial charge in [0.1, 0.15) is 0 Å². The van der Waals surface area contributed by atoms with Crippen molar-refractivity contribution in [2.24, 2.45) is 0 Å². The van der Waals surface area contributed by atoms with E-state index in [1.807, 2.05) is 0 Å². The quantitative estimate of drug-likeness (QED) is 0.510. The van der Waals surface area contributed by atoms with Crippen molar-refractivity contribution >= 4 is 0 Å². The Morgan fingerprint density at radius 2 is 2.00 bits per heavy atom. The van der Waals surface area contributed by atoms with Gasteiger partial charge in [-0.3, -0.25) is 0 Å². The molecule has 0 aliphatic heterocycles. The maximum absolute atomic E-state index is 9.96. The van der Waals surface area contributed by atoms with Crippen molar-refractivity contribution in [3.8, 4) is 12.3 Å². The smallest absolute Gasteiger partial charge is 0.0905 e. The second-order valence-corrected chi connectivity index (χ2v) is 3.92. The first-order valence-corrected chi connectivity index (χ1v) is 5.03. The van der Waals surface area contributed by atoms with Crippen LogP contribution in [0, 0.1) is 12.3 Å². The Morgan fingerprint density at radius 1 is 1.38 bits per heavy atom. The summed E-state index contributed by atoms with van der Waals surface area (Å²) in [6.07, 6.45) is 10.2. The number of rotatable bonds is 4. The van der Waals surface area contributed by atoms with Crippen molar-refractivity contribution in [1.82, 2.24) is 0 Å². The lowest BCUT2D eigenvalue weighted by Crippen LogP contribution is -2.39. The first-order valence-electron chi connectivity index (χ1n) is 5.03. The van der Waals surface area contributed by atoms with Crippen molar-refractivity contribution in [3.63, 3.8) is 0 Å². The number of terminal acetylenes is 1. The molecule has 0 aromatic carbocycles. The van der Waals surface area contributed by atoms with Crippen molar-refractivity contribution in [3.05, 3.63) is 0 Å². The molecule has 0 amide bonds. The van der Waals surface area contributed by atoms with Gasteiger partial charge in [-0.15, -0.1) is 12.3 Å². The van der Waals surface area contributed by atoms with Gasteiger partial charge >= 0.3 is 0 Å². The van der Waals surface area contributed by atoms with Crippen LogP contribution in [0.2, 0.25) is 0 Å². The maximum Gasteiger partial charge on any atom is 0.0905 e. The monoisotopic (exact) mass is 182 g/mol. The number of aliphatic hydroxyl groups excluding tert-OH is 1. The fraction of sp³-hybridized carbons (Fsp3) is 0.818. The van der Waals surface area contributed by atoms with E-state index in [1.54, 1.807) is 0 Å². The first kappa shape index (κ1) is 10.6. The first-order chi connectivity index (χ1) is 6.19. The second kappa shape index (κ2) is 4.64. The van der Waals surface area contributed by atoms with Gasteiger partial charge in [-0.05, 0) is 25.7 Å². The third-order valence-corrected chi connectivity index (χ3v) is 2.89. The van der Waals surface area contributed by atoms with E-state index in [1.165, 1.54) is 0 Å². The second-order valence-electron chi connectivity index (χ2n) is 3.92. The molecule has 1 unspecified atom stereocenters. The summed E-state index contributed by atoms with van der Waals surface area (Å²) in [5, 5.41) is 19.7. The van der Waals surface area contributed by atoms with Crippen LogP contribution in [-0.4, -0.2) is 21.9 Å². The molecule has 0 saturated heterocycles. The van der Waals surface area contributed by atoms with E-state index in [0.29, 0.717) is 12.8 Å². The molecule has 1 atom stereocenters. The number of hydrogen-bond acceptors (Lipinski definition) is 2. The molecular formula is C11H18O2. The summed E-state index contributed by atoms with van der Waals surface area (Å²) in [5.74, 6) is 2.53. The lowest BCUT2D eigenvalue weighted by atomic mass is 9.91. The van der Waals surface area contributed by atoms with Crippen LogP contribution < -0.4 is 0 Å². The molecule has 0 heterocycles. The van der Waals surface area contributed by atoms with Crippen LogP contribution in [0.5, 0.6) is 0 Å². The molecule has 0 radical (unpaired) electrons. The molecule has 2 N–H and O–H groups in total. The molecule has 13 heavy (non-hydrogen) atoms. The minimum absolute atomic E-state index is 0.580. The molecule has 2 heteroatoms. The van der Waals surface area contributed by atoms with Gasteiger partial charge in [0.25, 0.3) is 0 Å². The normalized spacial score (nSPS) is 22.5. The molecule has 0 bridgehead atoms. The van der Waals surface area contributed by atoms with Crippen LogP contribution in [-0.2, 0) is 0 Å². The van der Waals surface area contributed by atoms with Gasteiger partial charge in [-0.25, -0.2) is 0 Å². The number of aliphatic hydroxyl groups is 2. The number of hydrogen-bond donors (Lipinski definition) is 2. The SMILES string of the molecule is C#CCCCC(O)C1(O)CCCC1. The van der Waals surface area contributed by atoms with Crippen LogP contribution in [0.25, 0.3) is 0 Å². The summed E-state index contributed by atoms with van der Waals surface area (Å²) in [4.78, 5) is 0. The molecule has 0 spiro atoms. The average molecular weight is 182 g/mol. The van der Waals surface area contributed by atoms with Gasteiger partial charge in [-0.2, -0.15) is 0 Å². The molecule has 1 saturated carbocycles. The predicted molar refractivity (Wildman–Crippen MR) is 52.1 cm³/mol. The Balaban J connectivity index is 2.29. The predicted octanol–water partition coefficient (Wildman–Crippen LogP) is 1.46. The third kappa shape index (κ3) is 2.72. The van der Waals surface area contributed by atoms with Crippen LogP contribution in [0.1, 0.15) is 44.9 Å². The fourth-order valence-electron chi connectivity index (χ4n) is 1.99. The summed E-state index contributed by atoms with van der Waals surface area (Å²) < 4.78 is 0. The summed E-state index contributed by atoms with van der Waals surface area (Å²) >= 11 is 0. The van der Waals surface area contributed by atoms with Crippen molar-refractivity contribution in [2.45, 2.75) is 56.7 Å². The molecule has 1 rings (SSSR count). The Hall–Kier alpha value is -0.520. The van der Waals surface area contributed by atoms with Gasteiger partial charge in [-0.1, -0.05) is 12.8 Å². The van der Waals surface area contributed by atoms with E-state index in [0.717, 1.165) is 32.1 Å². The van der Waals surface area contributed by atoms with Crippen LogP contribution in [0.4, 0.5) is 0 Å². The Bertz CT molecular complexity index is 187. The van der Waals surface area contributed by atoms with Gasteiger partial charge in [0, 0.05) is 6.42 Å². The molecule has 1 fully saturated rings. The molecule has 1 aliphatic carbocycles. The highest BCUT2D eigenvalue weighted by Crippen LogP contribution is 2.34. The zero-order valence-electron chi connectivity index (χ0n) is 8.00. The molecule has 0 aromatic rings. The molecule has 1 aliphatic rings. The molecule has 2 nitrogen and oxygen atoms in total. The van der Waals surface area contributed by atoms with Crippen LogP contribution in [0.3, 0.4) is 0 Å². The summed E-state index contributed by atoms with van der Waals surface area (Å²) in [6.45, 7) is 0. The zero-order chi connectivity index (χ0) is 9.73. The largest absolute Gasteiger partial charge is 0.390 e. The third-order valence-electron chi connectivity index (χ3n) is 2.89. The summed E-state index contributed by atoms with van der Waals surface area (Å²) in [5.41, 5.74) is -0.811.